The van der Waals surface area contributed by atoms with Gasteiger partial charge in [0.15, 0.2) is 0 Å². The third-order valence-corrected chi connectivity index (χ3v) is 3.01. The first-order valence-corrected chi connectivity index (χ1v) is 6.11. The number of nitrogens with zero attached hydrogens (tertiary/aromatic N) is 1. The zero-order chi connectivity index (χ0) is 13.9. The predicted molar refractivity (Wildman–Crippen MR) is 69.9 cm³/mol. The van der Waals surface area contributed by atoms with E-state index in [9.17, 15) is 9.59 Å². The minimum absolute atomic E-state index is 0.135. The van der Waals surface area contributed by atoms with Crippen molar-refractivity contribution in [2.75, 3.05) is 13.7 Å². The summed E-state index contributed by atoms with van der Waals surface area (Å²) >= 11 is 0. The molecule has 0 N–H and O–H groups in total. The van der Waals surface area contributed by atoms with E-state index in [-0.39, 0.29) is 11.9 Å². The Balaban J connectivity index is 2.86. The number of carbonyl (C=O) groups excluding carboxylic acids is 2. The van der Waals surface area contributed by atoms with Crippen LogP contribution in [0.5, 0.6) is 0 Å². The summed E-state index contributed by atoms with van der Waals surface area (Å²) in [5.41, 5.74) is 1.75. The van der Waals surface area contributed by atoms with Crippen LogP contribution in [0, 0.1) is 5.92 Å². The molecule has 0 aliphatic carbocycles. The SMILES string of the molecule is C=C(C)C1=CC(=O)N(C(CC(C)C)C(=O)OC)C1. The van der Waals surface area contributed by atoms with Gasteiger partial charge < -0.3 is 9.64 Å². The maximum atomic E-state index is 11.9. The summed E-state index contributed by atoms with van der Waals surface area (Å²) < 4.78 is 4.79. The van der Waals surface area contributed by atoms with Gasteiger partial charge in [0, 0.05) is 12.6 Å². The molecule has 0 aromatic carbocycles. The zero-order valence-corrected chi connectivity index (χ0v) is 11.5. The van der Waals surface area contributed by atoms with Gasteiger partial charge in [0.1, 0.15) is 6.04 Å². The molecule has 18 heavy (non-hydrogen) atoms. The predicted octanol–water partition coefficient (Wildman–Crippen LogP) is 1.92. The van der Waals surface area contributed by atoms with Crippen LogP contribution in [0.3, 0.4) is 0 Å². The summed E-state index contributed by atoms with van der Waals surface area (Å²) in [7, 11) is 1.35. The molecule has 4 heteroatoms. The number of hydrogen-bond acceptors (Lipinski definition) is 3. The van der Waals surface area contributed by atoms with E-state index in [1.807, 2.05) is 20.8 Å². The molecule has 1 aliphatic heterocycles. The van der Waals surface area contributed by atoms with Gasteiger partial charge in [-0.25, -0.2) is 4.79 Å². The van der Waals surface area contributed by atoms with Gasteiger partial charge in [-0.2, -0.15) is 0 Å². The number of methoxy groups -OCH3 is 1. The smallest absolute Gasteiger partial charge is 0.328 e. The molecule has 4 nitrogen and oxygen atoms in total. The van der Waals surface area contributed by atoms with Gasteiger partial charge in [0.05, 0.1) is 7.11 Å². The van der Waals surface area contributed by atoms with Crippen LogP contribution in [0.2, 0.25) is 0 Å². The summed E-state index contributed by atoms with van der Waals surface area (Å²) in [4.78, 5) is 25.3. The van der Waals surface area contributed by atoms with Gasteiger partial charge >= 0.3 is 5.97 Å². The van der Waals surface area contributed by atoms with Crippen molar-refractivity contribution in [3.8, 4) is 0 Å². The van der Waals surface area contributed by atoms with Crippen LogP contribution in [-0.2, 0) is 14.3 Å². The van der Waals surface area contributed by atoms with Crippen molar-refractivity contribution in [2.24, 2.45) is 5.92 Å². The third kappa shape index (κ3) is 3.22. The first-order valence-electron chi connectivity index (χ1n) is 6.11. The van der Waals surface area contributed by atoms with Gasteiger partial charge in [0.25, 0.3) is 0 Å². The normalized spacial score (nSPS) is 16.8. The molecule has 0 saturated heterocycles. The molecule has 1 heterocycles. The van der Waals surface area contributed by atoms with Crippen molar-refractivity contribution in [3.63, 3.8) is 0 Å². The van der Waals surface area contributed by atoms with Gasteiger partial charge in [-0.15, -0.1) is 0 Å². The first-order chi connectivity index (χ1) is 8.36. The van der Waals surface area contributed by atoms with Crippen molar-refractivity contribution in [3.05, 3.63) is 23.8 Å². The minimum atomic E-state index is -0.504. The number of hydrogen-bond donors (Lipinski definition) is 0. The fraction of sp³-hybridized carbons (Fsp3) is 0.571. The van der Waals surface area contributed by atoms with Gasteiger partial charge in [-0.05, 0) is 24.8 Å². The van der Waals surface area contributed by atoms with E-state index in [0.29, 0.717) is 18.9 Å². The Hall–Kier alpha value is -1.58. The van der Waals surface area contributed by atoms with Crippen LogP contribution in [0.1, 0.15) is 27.2 Å². The summed E-state index contributed by atoms with van der Waals surface area (Å²) in [5, 5.41) is 0. The topological polar surface area (TPSA) is 46.6 Å². The van der Waals surface area contributed by atoms with Crippen molar-refractivity contribution in [2.45, 2.75) is 33.2 Å². The molecule has 0 saturated carbocycles. The van der Waals surface area contributed by atoms with Crippen LogP contribution in [-0.4, -0.2) is 36.5 Å². The van der Waals surface area contributed by atoms with E-state index in [2.05, 4.69) is 6.58 Å². The highest BCUT2D eigenvalue weighted by Crippen LogP contribution is 2.23. The van der Waals surface area contributed by atoms with Crippen LogP contribution in [0.25, 0.3) is 0 Å². The molecule has 1 aliphatic rings. The highest BCUT2D eigenvalue weighted by Gasteiger charge is 2.34. The number of ether oxygens (including phenoxy) is 1. The van der Waals surface area contributed by atoms with Crippen molar-refractivity contribution in [1.29, 1.82) is 0 Å². The molecule has 0 aromatic rings. The Kier molecular flexibility index (Phi) is 4.70. The van der Waals surface area contributed by atoms with Crippen molar-refractivity contribution >= 4 is 11.9 Å². The minimum Gasteiger partial charge on any atom is -0.467 e. The lowest BCUT2D eigenvalue weighted by molar-refractivity contribution is -0.151. The number of carbonyl (C=O) groups is 2. The molecule has 100 valence electrons. The Bertz CT molecular complexity index is 396. The quantitative estimate of drug-likeness (QED) is 0.701. The molecule has 1 unspecified atom stereocenters. The average molecular weight is 251 g/mol. The van der Waals surface area contributed by atoms with E-state index >= 15 is 0 Å². The zero-order valence-electron chi connectivity index (χ0n) is 11.5. The van der Waals surface area contributed by atoms with E-state index in [1.165, 1.54) is 7.11 Å². The monoisotopic (exact) mass is 251 g/mol. The van der Waals surface area contributed by atoms with Crippen LogP contribution >= 0.6 is 0 Å². The largest absolute Gasteiger partial charge is 0.467 e. The lowest BCUT2D eigenvalue weighted by Crippen LogP contribution is -2.44. The van der Waals surface area contributed by atoms with Crippen molar-refractivity contribution < 1.29 is 14.3 Å². The number of amides is 1. The summed E-state index contributed by atoms with van der Waals surface area (Å²) in [5.74, 6) is -0.173. The van der Waals surface area contributed by atoms with Crippen LogP contribution in [0.15, 0.2) is 23.8 Å². The summed E-state index contributed by atoms with van der Waals surface area (Å²) in [6, 6.07) is -0.504. The number of rotatable bonds is 5. The summed E-state index contributed by atoms with van der Waals surface area (Å²) in [6.45, 7) is 10.2. The van der Waals surface area contributed by atoms with E-state index in [4.69, 9.17) is 4.74 Å². The Labute approximate surface area is 108 Å². The fourth-order valence-corrected chi connectivity index (χ4v) is 1.99. The lowest BCUT2D eigenvalue weighted by Gasteiger charge is -2.27. The Morgan fingerprint density at radius 2 is 2.17 bits per heavy atom. The summed E-state index contributed by atoms with van der Waals surface area (Å²) in [6.07, 6.45) is 2.16. The fourth-order valence-electron chi connectivity index (χ4n) is 1.99. The number of esters is 1. The van der Waals surface area contributed by atoms with E-state index in [1.54, 1.807) is 11.0 Å². The van der Waals surface area contributed by atoms with Crippen LogP contribution < -0.4 is 0 Å². The standard InChI is InChI=1S/C14H21NO3/c1-9(2)6-12(14(17)18-5)15-8-11(10(3)4)7-13(15)16/h7,9,12H,3,6,8H2,1-2,4-5H3. The molecule has 1 amide bonds. The highest BCUT2D eigenvalue weighted by atomic mass is 16.5. The molecule has 0 radical (unpaired) electrons. The maximum Gasteiger partial charge on any atom is 0.328 e. The molecule has 0 spiro atoms. The second kappa shape index (κ2) is 5.85. The van der Waals surface area contributed by atoms with E-state index < -0.39 is 6.04 Å². The lowest BCUT2D eigenvalue weighted by atomic mass is 10.0. The highest BCUT2D eigenvalue weighted by molar-refractivity contribution is 5.95. The Morgan fingerprint density at radius 1 is 1.56 bits per heavy atom. The Morgan fingerprint density at radius 3 is 2.56 bits per heavy atom. The van der Waals surface area contributed by atoms with Gasteiger partial charge in [-0.1, -0.05) is 26.0 Å². The van der Waals surface area contributed by atoms with Gasteiger partial charge in [-0.3, -0.25) is 4.79 Å². The molecule has 0 bridgehead atoms. The second-order valence-corrected chi connectivity index (χ2v) is 5.08. The molecular formula is C14H21NO3. The van der Waals surface area contributed by atoms with Crippen LogP contribution in [0.4, 0.5) is 0 Å². The average Bonchev–Trinajstić information content (AvgIpc) is 2.67. The molecule has 0 fully saturated rings. The van der Waals surface area contributed by atoms with Gasteiger partial charge in [0.2, 0.25) is 5.91 Å². The molecular weight excluding hydrogens is 230 g/mol. The maximum absolute atomic E-state index is 11.9. The molecule has 1 rings (SSSR count). The third-order valence-electron chi connectivity index (χ3n) is 3.01. The van der Waals surface area contributed by atoms with E-state index in [0.717, 1.165) is 11.1 Å². The van der Waals surface area contributed by atoms with Crippen molar-refractivity contribution in [1.82, 2.24) is 4.90 Å². The first kappa shape index (κ1) is 14.5. The molecule has 1 atom stereocenters. The second-order valence-electron chi connectivity index (χ2n) is 5.08. The molecule has 0 aromatic heterocycles.